The second kappa shape index (κ2) is 6.48. The van der Waals surface area contributed by atoms with E-state index in [0.29, 0.717) is 11.8 Å². The average Bonchev–Trinajstić information content (AvgIpc) is 3.11. The van der Waals surface area contributed by atoms with Crippen molar-refractivity contribution in [1.29, 1.82) is 0 Å². The Balaban J connectivity index is 1.68. The van der Waals surface area contributed by atoms with Gasteiger partial charge in [0.1, 0.15) is 0 Å². The third-order valence-electron chi connectivity index (χ3n) is 7.26. The van der Waals surface area contributed by atoms with Gasteiger partial charge in [-0.05, 0) is 51.2 Å². The van der Waals surface area contributed by atoms with Gasteiger partial charge in [-0.3, -0.25) is 0 Å². The molecule has 0 N–H and O–H groups in total. The van der Waals surface area contributed by atoms with Crippen LogP contribution in [0.15, 0.2) is 117 Å². The van der Waals surface area contributed by atoms with E-state index in [9.17, 15) is 0 Å². The van der Waals surface area contributed by atoms with Gasteiger partial charge in [0.2, 0.25) is 0 Å². The lowest BCUT2D eigenvalue weighted by Crippen LogP contribution is -2.37. The molecule has 0 saturated heterocycles. The zero-order valence-corrected chi connectivity index (χ0v) is 19.2. The molecule has 0 nitrogen and oxygen atoms in total. The van der Waals surface area contributed by atoms with Crippen molar-refractivity contribution >= 4 is 38.5 Å². The lowest BCUT2D eigenvalue weighted by Gasteiger charge is -2.43. The van der Waals surface area contributed by atoms with Crippen molar-refractivity contribution in [3.63, 3.8) is 0 Å². The maximum atomic E-state index is 3.72. The molecule has 0 amide bonds. The molecule has 3 aliphatic rings. The van der Waals surface area contributed by atoms with Crippen LogP contribution in [0.25, 0.3) is 10.8 Å². The zero-order chi connectivity index (χ0) is 20.6. The minimum atomic E-state index is -0.177. The molecule has 2 heteroatoms. The highest BCUT2D eigenvalue weighted by Gasteiger charge is 2.56. The minimum absolute atomic E-state index is 0.177. The van der Waals surface area contributed by atoms with E-state index in [2.05, 4.69) is 119 Å². The van der Waals surface area contributed by atoms with Crippen molar-refractivity contribution < 1.29 is 0 Å². The third kappa shape index (κ3) is 2.27. The van der Waals surface area contributed by atoms with Gasteiger partial charge in [-0.15, -0.1) is 0 Å². The van der Waals surface area contributed by atoms with Gasteiger partial charge in [-0.25, -0.2) is 0 Å². The van der Waals surface area contributed by atoms with Crippen molar-refractivity contribution in [2.24, 2.45) is 5.92 Å². The number of benzene rings is 4. The maximum absolute atomic E-state index is 3.72. The molecule has 31 heavy (non-hydrogen) atoms. The van der Waals surface area contributed by atoms with Crippen LogP contribution in [0.4, 0.5) is 0 Å². The number of fused-ring (bicyclic) bond motifs is 11. The summed E-state index contributed by atoms with van der Waals surface area (Å²) in [5, 5.41) is 2.72. The van der Waals surface area contributed by atoms with E-state index in [0.717, 1.165) is 4.47 Å². The average molecular weight is 479 g/mol. The molecule has 2 aliphatic carbocycles. The highest BCUT2D eigenvalue weighted by atomic mass is 79.9. The number of allylic oxidation sites excluding steroid dienone is 4. The van der Waals surface area contributed by atoms with Crippen LogP contribution in [0, 0.1) is 5.92 Å². The van der Waals surface area contributed by atoms with Gasteiger partial charge in [0, 0.05) is 26.1 Å². The van der Waals surface area contributed by atoms with E-state index in [-0.39, 0.29) is 5.41 Å². The van der Waals surface area contributed by atoms with Gasteiger partial charge in [-0.2, -0.15) is 0 Å². The first-order valence-corrected chi connectivity index (χ1v) is 12.3. The smallest absolute Gasteiger partial charge is 0.0548 e. The quantitative estimate of drug-likeness (QED) is 0.245. The molecule has 1 heterocycles. The number of hydrogen-bond donors (Lipinski definition) is 0. The highest BCUT2D eigenvalue weighted by molar-refractivity contribution is 9.10. The summed E-state index contributed by atoms with van der Waals surface area (Å²) < 4.78 is 1.14. The zero-order valence-electron chi connectivity index (χ0n) is 16.8. The Morgan fingerprint density at radius 1 is 0.710 bits per heavy atom. The van der Waals surface area contributed by atoms with Crippen LogP contribution in [0.5, 0.6) is 0 Å². The highest BCUT2D eigenvalue weighted by Crippen LogP contribution is 2.65. The Morgan fingerprint density at radius 2 is 1.48 bits per heavy atom. The molecule has 1 aliphatic heterocycles. The summed E-state index contributed by atoms with van der Waals surface area (Å²) in [6, 6.07) is 29.5. The van der Waals surface area contributed by atoms with Crippen molar-refractivity contribution in [3.8, 4) is 0 Å². The van der Waals surface area contributed by atoms with Gasteiger partial charge < -0.3 is 0 Å². The molecule has 3 atom stereocenters. The fraction of sp³-hybridized carbons (Fsp3) is 0.103. The molecular weight excluding hydrogens is 460 g/mol. The predicted molar refractivity (Wildman–Crippen MR) is 133 cm³/mol. The van der Waals surface area contributed by atoms with Crippen LogP contribution in [-0.2, 0) is 5.41 Å². The van der Waals surface area contributed by atoms with E-state index in [1.165, 1.54) is 42.8 Å². The number of halogens is 1. The van der Waals surface area contributed by atoms with E-state index in [1.807, 2.05) is 11.8 Å². The van der Waals surface area contributed by atoms with Crippen LogP contribution in [0.3, 0.4) is 0 Å². The normalized spacial score (nSPS) is 24.7. The molecule has 4 aromatic carbocycles. The molecule has 148 valence electrons. The Kier molecular flexibility index (Phi) is 3.77. The maximum Gasteiger partial charge on any atom is 0.0548 e. The molecule has 4 aromatic rings. The Hall–Kier alpha value is -2.55. The minimum Gasteiger partial charge on any atom is -0.0894 e. The summed E-state index contributed by atoms with van der Waals surface area (Å²) in [5.74, 6) is 0.735. The number of hydrogen-bond acceptors (Lipinski definition) is 1. The van der Waals surface area contributed by atoms with Crippen molar-refractivity contribution in [2.45, 2.75) is 21.1 Å². The van der Waals surface area contributed by atoms with Crippen LogP contribution >= 0.6 is 27.7 Å². The first-order chi connectivity index (χ1) is 15.3. The van der Waals surface area contributed by atoms with Crippen LogP contribution in [0.2, 0.25) is 0 Å². The Morgan fingerprint density at radius 3 is 2.45 bits per heavy atom. The van der Waals surface area contributed by atoms with E-state index >= 15 is 0 Å². The van der Waals surface area contributed by atoms with Gasteiger partial charge in [0.15, 0.2) is 0 Å². The summed E-state index contributed by atoms with van der Waals surface area (Å²) in [5.41, 5.74) is 5.67. The molecule has 7 rings (SSSR count). The number of rotatable bonds is 0. The summed E-state index contributed by atoms with van der Waals surface area (Å²) in [4.78, 5) is 2.73. The van der Waals surface area contributed by atoms with Gasteiger partial charge in [0.05, 0.1) is 5.41 Å². The Labute approximate surface area is 194 Å². The largest absolute Gasteiger partial charge is 0.0894 e. The fourth-order valence-corrected chi connectivity index (χ4v) is 7.94. The monoisotopic (exact) mass is 478 g/mol. The van der Waals surface area contributed by atoms with Crippen molar-refractivity contribution in [2.75, 3.05) is 0 Å². The van der Waals surface area contributed by atoms with Crippen LogP contribution in [0.1, 0.15) is 28.2 Å². The predicted octanol–water partition coefficient (Wildman–Crippen LogP) is 8.24. The van der Waals surface area contributed by atoms with E-state index in [4.69, 9.17) is 0 Å². The summed E-state index contributed by atoms with van der Waals surface area (Å²) >= 11 is 5.63. The van der Waals surface area contributed by atoms with Crippen molar-refractivity contribution in [1.82, 2.24) is 0 Å². The van der Waals surface area contributed by atoms with Crippen LogP contribution in [-0.4, -0.2) is 0 Å². The second-order valence-corrected chi connectivity index (χ2v) is 10.6. The van der Waals surface area contributed by atoms with E-state index < -0.39 is 0 Å². The van der Waals surface area contributed by atoms with Gasteiger partial charge in [0.25, 0.3) is 0 Å². The molecule has 0 radical (unpaired) electrons. The summed E-state index contributed by atoms with van der Waals surface area (Å²) in [6.45, 7) is 0. The topological polar surface area (TPSA) is 0 Å². The van der Waals surface area contributed by atoms with Gasteiger partial charge >= 0.3 is 0 Å². The molecule has 0 fully saturated rings. The lowest BCUT2D eigenvalue weighted by atomic mass is 9.63. The fourth-order valence-electron chi connectivity index (χ4n) is 6.18. The first-order valence-electron chi connectivity index (χ1n) is 10.7. The summed E-state index contributed by atoms with van der Waals surface area (Å²) in [6.07, 6.45) is 9.36. The second-order valence-electron chi connectivity index (χ2n) is 8.62. The van der Waals surface area contributed by atoms with Crippen LogP contribution < -0.4 is 0 Å². The standard InChI is InChI=1S/C29H19BrS/c30-19-14-16-24-27(17-19)31-26-12-6-5-11-23(26)29(24)22-10-4-3-9-21(22)28-20-8-2-1-7-18(20)13-15-25(28)29/h1-17,21-22H. The SMILES string of the molecule is Brc1ccc2c(c1)Sc1ccccc1C21c2ccc3ccccc3c2C2C=CC=CC21. The molecule has 0 bridgehead atoms. The third-order valence-corrected chi connectivity index (χ3v) is 8.89. The van der Waals surface area contributed by atoms with Crippen molar-refractivity contribution in [3.05, 3.63) is 130 Å². The van der Waals surface area contributed by atoms with E-state index in [1.54, 1.807) is 0 Å². The Bertz CT molecular complexity index is 1450. The summed E-state index contributed by atoms with van der Waals surface area (Å²) in [7, 11) is 0. The molecular formula is C29H19BrS. The molecule has 0 saturated carbocycles. The molecule has 3 unspecified atom stereocenters. The first kappa shape index (κ1) is 18.1. The molecule has 0 aromatic heterocycles. The lowest BCUT2D eigenvalue weighted by molar-refractivity contribution is 0.442. The molecule has 1 spiro atoms. The van der Waals surface area contributed by atoms with Gasteiger partial charge in [-0.1, -0.05) is 113 Å².